The average molecular weight is 578 g/mol. The fourth-order valence-electron chi connectivity index (χ4n) is 6.91. The van der Waals surface area contributed by atoms with Gasteiger partial charge in [-0.3, -0.25) is 19.3 Å². The molecule has 42 heavy (non-hydrogen) atoms. The number of benzene rings is 2. The molecular formula is C31H35N3O8. The topological polar surface area (TPSA) is 174 Å². The highest BCUT2D eigenvalue weighted by atomic mass is 16.5. The van der Waals surface area contributed by atoms with Gasteiger partial charge in [-0.25, -0.2) is 0 Å². The number of amides is 1. The summed E-state index contributed by atoms with van der Waals surface area (Å²) in [4.78, 5) is 43.0. The minimum atomic E-state index is -2.68. The number of fused-ring (bicyclic) bond motifs is 3. The van der Waals surface area contributed by atoms with Crippen LogP contribution in [0.1, 0.15) is 23.1 Å². The highest BCUT2D eigenvalue weighted by Crippen LogP contribution is 2.53. The third-order valence-electron chi connectivity index (χ3n) is 8.70. The van der Waals surface area contributed by atoms with Gasteiger partial charge in [-0.15, -0.1) is 0 Å². The summed E-state index contributed by atoms with van der Waals surface area (Å²) in [6.45, 7) is 0.597. The molecule has 0 radical (unpaired) electrons. The van der Waals surface area contributed by atoms with Crippen LogP contribution >= 0.6 is 0 Å². The number of carbonyl (C=O) groups excluding carboxylic acids is 3. The number of hydrogen-bond acceptors (Lipinski definition) is 10. The highest BCUT2D eigenvalue weighted by Gasteiger charge is 2.64. The molecule has 0 aromatic heterocycles. The van der Waals surface area contributed by atoms with E-state index < -0.39 is 58.0 Å². The molecule has 5 rings (SSSR count). The molecule has 0 spiro atoms. The Kier molecular flexibility index (Phi) is 7.16. The van der Waals surface area contributed by atoms with Crippen molar-refractivity contribution in [1.29, 1.82) is 0 Å². The summed E-state index contributed by atoms with van der Waals surface area (Å²) in [6, 6.07) is 7.72. The quantitative estimate of drug-likeness (QED) is 0.318. The molecule has 0 bridgehead atoms. The Morgan fingerprint density at radius 3 is 2.36 bits per heavy atom. The second-order valence-electron chi connectivity index (χ2n) is 11.7. The molecule has 0 unspecified atom stereocenters. The SMILES string of the molecule is COc1ccc(CN(C)C)c(-c2ccc(O)c3c2C[C@H]2C[C@H]4[C@H](N(C)C)C(=O)C(C(N)=O)=C(O)[C@@]4(O)C(=O)C2=C3O)c1. The van der Waals surface area contributed by atoms with Crippen molar-refractivity contribution >= 4 is 23.2 Å². The van der Waals surface area contributed by atoms with Crippen LogP contribution in [-0.4, -0.2) is 94.6 Å². The second-order valence-corrected chi connectivity index (χ2v) is 11.7. The van der Waals surface area contributed by atoms with Crippen LogP contribution < -0.4 is 10.5 Å². The molecule has 3 aliphatic rings. The number of aliphatic hydroxyl groups excluding tert-OH is 2. The van der Waals surface area contributed by atoms with E-state index in [4.69, 9.17) is 10.5 Å². The van der Waals surface area contributed by atoms with E-state index in [0.29, 0.717) is 17.9 Å². The number of Topliss-reactive ketones (excluding diaryl/α,β-unsaturated/α-hetero) is 2. The summed E-state index contributed by atoms with van der Waals surface area (Å²) in [5.74, 6) is -6.19. The van der Waals surface area contributed by atoms with E-state index in [9.17, 15) is 34.8 Å². The number of primary amides is 1. The number of rotatable bonds is 6. The fourth-order valence-corrected chi connectivity index (χ4v) is 6.91. The zero-order valence-electron chi connectivity index (χ0n) is 24.1. The number of nitrogens with zero attached hydrogens (tertiary/aromatic N) is 2. The number of aromatic hydroxyl groups is 1. The number of methoxy groups -OCH3 is 1. The zero-order chi connectivity index (χ0) is 30.8. The van der Waals surface area contributed by atoms with Crippen LogP contribution in [0.25, 0.3) is 16.9 Å². The maximum atomic E-state index is 14.1. The summed E-state index contributed by atoms with van der Waals surface area (Å²) in [6.07, 6.45) is 0.209. The summed E-state index contributed by atoms with van der Waals surface area (Å²) < 4.78 is 5.48. The van der Waals surface area contributed by atoms with E-state index in [-0.39, 0.29) is 29.7 Å². The molecule has 11 nitrogen and oxygen atoms in total. The molecule has 0 heterocycles. The Hall–Kier alpha value is -4.19. The van der Waals surface area contributed by atoms with Crippen molar-refractivity contribution in [2.24, 2.45) is 17.6 Å². The Bertz CT molecular complexity index is 1590. The molecule has 2 aromatic carbocycles. The number of phenolic OH excluding ortho intramolecular Hbond substituents is 1. The van der Waals surface area contributed by atoms with E-state index in [1.54, 1.807) is 27.3 Å². The highest BCUT2D eigenvalue weighted by molar-refractivity contribution is 6.24. The number of phenols is 1. The van der Waals surface area contributed by atoms with E-state index in [0.717, 1.165) is 16.7 Å². The minimum absolute atomic E-state index is 0.0174. The Balaban J connectivity index is 1.74. The van der Waals surface area contributed by atoms with Crippen LogP contribution in [0, 0.1) is 11.8 Å². The molecule has 1 fully saturated rings. The normalized spacial score (nSPS) is 25.5. The fraction of sp³-hybridized carbons (Fsp3) is 0.387. The first kappa shape index (κ1) is 29.3. The summed E-state index contributed by atoms with van der Waals surface area (Å²) in [7, 11) is 8.58. The summed E-state index contributed by atoms with van der Waals surface area (Å²) in [5, 5.41) is 45.3. The molecule has 1 amide bonds. The van der Waals surface area contributed by atoms with Crippen LogP contribution in [-0.2, 0) is 27.3 Å². The number of aliphatic hydroxyl groups is 3. The Labute approximate surface area is 243 Å². The van der Waals surface area contributed by atoms with Crippen molar-refractivity contribution in [2.75, 3.05) is 35.3 Å². The van der Waals surface area contributed by atoms with E-state index in [2.05, 4.69) is 0 Å². The molecule has 3 aliphatic carbocycles. The molecule has 4 atom stereocenters. The molecule has 11 heteroatoms. The van der Waals surface area contributed by atoms with Crippen molar-refractivity contribution < 1.29 is 39.5 Å². The van der Waals surface area contributed by atoms with Gasteiger partial charge < -0.3 is 35.8 Å². The molecule has 1 saturated carbocycles. The van der Waals surface area contributed by atoms with Crippen molar-refractivity contribution in [3.63, 3.8) is 0 Å². The summed E-state index contributed by atoms with van der Waals surface area (Å²) >= 11 is 0. The van der Waals surface area contributed by atoms with Gasteiger partial charge in [0.05, 0.1) is 18.7 Å². The largest absolute Gasteiger partial charge is 0.508 e. The van der Waals surface area contributed by atoms with E-state index in [1.165, 1.54) is 11.0 Å². The predicted molar refractivity (Wildman–Crippen MR) is 154 cm³/mol. The van der Waals surface area contributed by atoms with E-state index >= 15 is 0 Å². The van der Waals surface area contributed by atoms with Crippen molar-refractivity contribution in [2.45, 2.75) is 31.0 Å². The lowest BCUT2D eigenvalue weighted by Gasteiger charge is -2.50. The smallest absolute Gasteiger partial charge is 0.255 e. The zero-order valence-corrected chi connectivity index (χ0v) is 24.1. The Morgan fingerprint density at radius 1 is 1.07 bits per heavy atom. The first-order valence-electron chi connectivity index (χ1n) is 13.6. The number of ketones is 2. The number of hydrogen-bond donors (Lipinski definition) is 5. The van der Waals surface area contributed by atoms with Crippen LogP contribution in [0.15, 0.2) is 47.2 Å². The monoisotopic (exact) mass is 577 g/mol. The predicted octanol–water partition coefficient (Wildman–Crippen LogP) is 1.70. The first-order valence-corrected chi connectivity index (χ1v) is 13.6. The van der Waals surface area contributed by atoms with Gasteiger partial charge in [0.1, 0.15) is 28.6 Å². The van der Waals surface area contributed by atoms with Crippen molar-refractivity contribution in [3.8, 4) is 22.6 Å². The lowest BCUT2D eigenvalue weighted by atomic mass is 9.57. The minimum Gasteiger partial charge on any atom is -0.508 e. The lowest BCUT2D eigenvalue weighted by molar-refractivity contribution is -0.153. The number of likely N-dealkylation sites (N-methyl/N-ethyl adjacent to an activating group) is 1. The molecule has 6 N–H and O–H groups in total. The summed E-state index contributed by atoms with van der Waals surface area (Å²) in [5.41, 5.74) is 4.83. The van der Waals surface area contributed by atoms with E-state index in [1.807, 2.05) is 37.2 Å². The van der Waals surface area contributed by atoms with Gasteiger partial charge in [0.2, 0.25) is 5.78 Å². The standard InChI is InChI=1S/C31H35N3O8/c1-33(2)13-14-6-7-16(42-5)12-18(14)17-8-9-21(35)23-19(17)10-15-11-20-25(34(3)4)27(37)24(30(32)40)29(39)31(20,41)28(38)22(15)26(23)36/h6-9,12,15,20,25,35-36,39,41H,10-11,13H2,1-5H3,(H2,32,40)/t15-,20-,25-,31-/m0/s1. The molecule has 2 aromatic rings. The maximum absolute atomic E-state index is 14.1. The van der Waals surface area contributed by atoms with Gasteiger partial charge in [0, 0.05) is 18.0 Å². The van der Waals surface area contributed by atoms with Gasteiger partial charge in [0.15, 0.2) is 11.4 Å². The average Bonchev–Trinajstić information content (AvgIpc) is 2.90. The van der Waals surface area contributed by atoms with Crippen LogP contribution in [0.3, 0.4) is 0 Å². The number of ether oxygens (including phenoxy) is 1. The van der Waals surface area contributed by atoms with Gasteiger partial charge in [-0.1, -0.05) is 12.1 Å². The third kappa shape index (κ3) is 4.19. The number of carbonyl (C=O) groups is 3. The van der Waals surface area contributed by atoms with Crippen molar-refractivity contribution in [1.82, 2.24) is 9.80 Å². The van der Waals surface area contributed by atoms with Gasteiger partial charge >= 0.3 is 0 Å². The number of nitrogens with two attached hydrogens (primary N) is 1. The lowest BCUT2D eigenvalue weighted by Crippen LogP contribution is -2.65. The van der Waals surface area contributed by atoms with Crippen LogP contribution in [0.4, 0.5) is 0 Å². The van der Waals surface area contributed by atoms with Gasteiger partial charge in [-0.05, 0) is 87.4 Å². The molecule has 0 saturated heterocycles. The molecule has 0 aliphatic heterocycles. The van der Waals surface area contributed by atoms with Crippen LogP contribution in [0.2, 0.25) is 0 Å². The van der Waals surface area contributed by atoms with Crippen molar-refractivity contribution in [3.05, 3.63) is 63.9 Å². The van der Waals surface area contributed by atoms with Gasteiger partial charge in [0.25, 0.3) is 5.91 Å². The third-order valence-corrected chi connectivity index (χ3v) is 8.70. The van der Waals surface area contributed by atoms with Gasteiger partial charge in [-0.2, -0.15) is 0 Å². The maximum Gasteiger partial charge on any atom is 0.255 e. The molecule has 222 valence electrons. The first-order chi connectivity index (χ1) is 19.7. The van der Waals surface area contributed by atoms with Crippen LogP contribution in [0.5, 0.6) is 11.5 Å². The Morgan fingerprint density at radius 2 is 1.76 bits per heavy atom. The molecular weight excluding hydrogens is 542 g/mol. The second kappa shape index (κ2) is 10.3.